The van der Waals surface area contributed by atoms with Crippen LogP contribution in [-0.2, 0) is 10.0 Å². The second-order valence-electron chi connectivity index (χ2n) is 6.29. The number of rotatable bonds is 7. The number of thiophene rings is 1. The normalized spacial score (nSPS) is 11.6. The Kier molecular flexibility index (Phi) is 5.53. The van der Waals surface area contributed by atoms with E-state index in [0.717, 1.165) is 28.5 Å². The summed E-state index contributed by atoms with van der Waals surface area (Å²) in [7, 11) is -3.79. The summed E-state index contributed by atoms with van der Waals surface area (Å²) in [6.45, 7) is 4.34. The Labute approximate surface area is 162 Å². The standard InChI is InChI=1S/C20H21NO4S2/c1-3-4-13-21(19-14(2)17-7-5-6-8-18(17)26-19)27(24,25)16-11-9-15(10-12-16)20(22)23/h5-12H,3-4,13H2,1-2H3,(H,22,23). The average Bonchev–Trinajstić information content (AvgIpc) is 2.99. The molecule has 1 heterocycles. The van der Waals surface area contributed by atoms with E-state index >= 15 is 0 Å². The number of benzene rings is 2. The largest absolute Gasteiger partial charge is 0.478 e. The van der Waals surface area contributed by atoms with Crippen molar-refractivity contribution in [1.82, 2.24) is 0 Å². The molecule has 0 aliphatic rings. The fourth-order valence-electron chi connectivity index (χ4n) is 2.93. The van der Waals surface area contributed by atoms with Gasteiger partial charge >= 0.3 is 5.97 Å². The lowest BCUT2D eigenvalue weighted by atomic mass is 10.2. The first-order valence-electron chi connectivity index (χ1n) is 8.70. The van der Waals surface area contributed by atoms with Crippen molar-refractivity contribution < 1.29 is 18.3 Å². The van der Waals surface area contributed by atoms with Crippen molar-refractivity contribution in [3.8, 4) is 0 Å². The number of fused-ring (bicyclic) bond motifs is 1. The van der Waals surface area contributed by atoms with E-state index in [1.54, 1.807) is 0 Å². The Morgan fingerprint density at radius 2 is 1.78 bits per heavy atom. The van der Waals surface area contributed by atoms with E-state index in [1.165, 1.54) is 39.9 Å². The van der Waals surface area contributed by atoms with Crippen LogP contribution in [0.2, 0.25) is 0 Å². The molecular weight excluding hydrogens is 382 g/mol. The number of hydrogen-bond donors (Lipinski definition) is 1. The van der Waals surface area contributed by atoms with E-state index in [-0.39, 0.29) is 10.5 Å². The molecule has 1 aromatic heterocycles. The molecule has 0 spiro atoms. The van der Waals surface area contributed by atoms with Crippen LogP contribution >= 0.6 is 11.3 Å². The number of unbranched alkanes of at least 4 members (excludes halogenated alkanes) is 1. The number of aromatic carboxylic acids is 1. The van der Waals surface area contributed by atoms with Crippen LogP contribution in [0.15, 0.2) is 53.4 Å². The third kappa shape index (κ3) is 3.70. The van der Waals surface area contributed by atoms with Crippen molar-refractivity contribution in [1.29, 1.82) is 0 Å². The highest BCUT2D eigenvalue weighted by atomic mass is 32.2. The van der Waals surface area contributed by atoms with Crippen molar-refractivity contribution in [3.63, 3.8) is 0 Å². The summed E-state index contributed by atoms with van der Waals surface area (Å²) in [6.07, 6.45) is 1.61. The molecule has 0 amide bonds. The molecule has 2 aromatic carbocycles. The molecule has 27 heavy (non-hydrogen) atoms. The molecule has 0 fully saturated rings. The highest BCUT2D eigenvalue weighted by molar-refractivity contribution is 7.93. The molecule has 0 aliphatic carbocycles. The van der Waals surface area contributed by atoms with Crippen molar-refractivity contribution in [2.24, 2.45) is 0 Å². The molecule has 7 heteroatoms. The quantitative estimate of drug-likeness (QED) is 0.609. The van der Waals surface area contributed by atoms with Crippen molar-refractivity contribution in [2.75, 3.05) is 10.8 Å². The summed E-state index contributed by atoms with van der Waals surface area (Å²) in [6, 6.07) is 13.2. The van der Waals surface area contributed by atoms with Gasteiger partial charge in [-0.2, -0.15) is 0 Å². The summed E-state index contributed by atoms with van der Waals surface area (Å²) < 4.78 is 29.2. The maximum atomic E-state index is 13.3. The molecule has 0 unspecified atom stereocenters. The van der Waals surface area contributed by atoms with Crippen LogP contribution in [-0.4, -0.2) is 26.0 Å². The van der Waals surface area contributed by atoms with Gasteiger partial charge in [0.15, 0.2) is 0 Å². The highest BCUT2D eigenvalue weighted by Crippen LogP contribution is 2.40. The molecule has 0 saturated carbocycles. The Hall–Kier alpha value is -2.38. The van der Waals surface area contributed by atoms with Crippen LogP contribution in [0.1, 0.15) is 35.7 Å². The molecular formula is C20H21NO4S2. The monoisotopic (exact) mass is 403 g/mol. The second kappa shape index (κ2) is 7.70. The first-order chi connectivity index (χ1) is 12.9. The minimum absolute atomic E-state index is 0.0621. The van der Waals surface area contributed by atoms with Gasteiger partial charge in [0.1, 0.15) is 5.00 Å². The van der Waals surface area contributed by atoms with Gasteiger partial charge in [-0.05, 0) is 54.6 Å². The maximum Gasteiger partial charge on any atom is 0.335 e. The molecule has 1 N–H and O–H groups in total. The van der Waals surface area contributed by atoms with Gasteiger partial charge in [0.05, 0.1) is 10.5 Å². The van der Waals surface area contributed by atoms with E-state index < -0.39 is 16.0 Å². The number of carboxylic acids is 1. The summed E-state index contributed by atoms with van der Waals surface area (Å²) in [5.74, 6) is -1.08. The molecule has 0 radical (unpaired) electrons. The highest BCUT2D eigenvalue weighted by Gasteiger charge is 2.28. The second-order valence-corrected chi connectivity index (χ2v) is 9.18. The fraction of sp³-hybridized carbons (Fsp3) is 0.250. The van der Waals surface area contributed by atoms with Gasteiger partial charge in [-0.1, -0.05) is 31.5 Å². The molecule has 0 atom stereocenters. The van der Waals surface area contributed by atoms with Crippen LogP contribution in [0.25, 0.3) is 10.1 Å². The van der Waals surface area contributed by atoms with Gasteiger partial charge < -0.3 is 5.11 Å². The van der Waals surface area contributed by atoms with E-state index in [2.05, 4.69) is 0 Å². The fourth-order valence-corrected chi connectivity index (χ4v) is 5.94. The van der Waals surface area contributed by atoms with Gasteiger partial charge in [-0.15, -0.1) is 11.3 Å². The summed E-state index contributed by atoms with van der Waals surface area (Å²) in [5.41, 5.74) is 1.00. The third-order valence-electron chi connectivity index (χ3n) is 4.45. The van der Waals surface area contributed by atoms with Gasteiger partial charge in [0, 0.05) is 11.2 Å². The molecule has 0 aliphatic heterocycles. The number of hydrogen-bond acceptors (Lipinski definition) is 4. The molecule has 142 valence electrons. The lowest BCUT2D eigenvalue weighted by molar-refractivity contribution is 0.0696. The summed E-state index contributed by atoms with van der Waals surface area (Å²) >= 11 is 1.46. The molecule has 0 bridgehead atoms. The minimum Gasteiger partial charge on any atom is -0.478 e. The lowest BCUT2D eigenvalue weighted by Crippen LogP contribution is -2.31. The maximum absolute atomic E-state index is 13.3. The number of carbonyl (C=O) groups is 1. The molecule has 3 rings (SSSR count). The first-order valence-corrected chi connectivity index (χ1v) is 11.0. The van der Waals surface area contributed by atoms with Gasteiger partial charge in [-0.3, -0.25) is 4.31 Å². The van der Waals surface area contributed by atoms with E-state index in [9.17, 15) is 13.2 Å². The van der Waals surface area contributed by atoms with Crippen LogP contribution < -0.4 is 4.31 Å². The van der Waals surface area contributed by atoms with Crippen LogP contribution in [0.4, 0.5) is 5.00 Å². The Balaban J connectivity index is 2.10. The molecule has 0 saturated heterocycles. The number of sulfonamides is 1. The molecule has 5 nitrogen and oxygen atoms in total. The SMILES string of the molecule is CCCCN(c1sc2ccccc2c1C)S(=O)(=O)c1ccc(C(=O)O)cc1. The van der Waals surface area contributed by atoms with Gasteiger partial charge in [-0.25, -0.2) is 13.2 Å². The van der Waals surface area contributed by atoms with Gasteiger partial charge in [0.25, 0.3) is 10.0 Å². The zero-order valence-corrected chi connectivity index (χ0v) is 16.8. The van der Waals surface area contributed by atoms with Gasteiger partial charge in [0.2, 0.25) is 0 Å². The van der Waals surface area contributed by atoms with Crippen LogP contribution in [0.5, 0.6) is 0 Å². The number of aryl methyl sites for hydroxylation is 1. The van der Waals surface area contributed by atoms with E-state index in [1.807, 2.05) is 38.1 Å². The molecule has 3 aromatic rings. The van der Waals surface area contributed by atoms with E-state index in [4.69, 9.17) is 5.11 Å². The van der Waals surface area contributed by atoms with Crippen molar-refractivity contribution in [3.05, 3.63) is 59.7 Å². The van der Waals surface area contributed by atoms with Crippen LogP contribution in [0.3, 0.4) is 0 Å². The van der Waals surface area contributed by atoms with Crippen molar-refractivity contribution in [2.45, 2.75) is 31.6 Å². The average molecular weight is 404 g/mol. The number of carboxylic acid groups (broad SMARTS) is 1. The zero-order valence-electron chi connectivity index (χ0n) is 15.2. The Morgan fingerprint density at radius 1 is 1.11 bits per heavy atom. The number of nitrogens with zero attached hydrogens (tertiary/aromatic N) is 1. The zero-order chi connectivity index (χ0) is 19.6. The predicted octanol–water partition coefficient (Wildman–Crippen LogP) is 4.90. The third-order valence-corrected chi connectivity index (χ3v) is 7.67. The first kappa shape index (κ1) is 19.4. The number of anilines is 1. The Morgan fingerprint density at radius 3 is 2.37 bits per heavy atom. The van der Waals surface area contributed by atoms with Crippen LogP contribution in [0, 0.1) is 6.92 Å². The smallest absolute Gasteiger partial charge is 0.335 e. The Bertz CT molecular complexity index is 1070. The topological polar surface area (TPSA) is 74.7 Å². The summed E-state index contributed by atoms with van der Waals surface area (Å²) in [4.78, 5) is 11.1. The minimum atomic E-state index is -3.79. The predicted molar refractivity (Wildman–Crippen MR) is 109 cm³/mol. The lowest BCUT2D eigenvalue weighted by Gasteiger charge is -2.24. The summed E-state index contributed by atoms with van der Waals surface area (Å²) in [5, 5.41) is 10.8. The van der Waals surface area contributed by atoms with E-state index in [0.29, 0.717) is 11.5 Å². The van der Waals surface area contributed by atoms with Crippen molar-refractivity contribution >= 4 is 42.4 Å².